The van der Waals surface area contributed by atoms with Gasteiger partial charge in [0.1, 0.15) is 0 Å². The van der Waals surface area contributed by atoms with Gasteiger partial charge in [0, 0.05) is 10.4 Å². The Balaban J connectivity index is 1.85. The van der Waals surface area contributed by atoms with Crippen LogP contribution in [0, 0.1) is 13.8 Å². The Morgan fingerprint density at radius 3 is 2.50 bits per heavy atom. The van der Waals surface area contributed by atoms with Crippen LogP contribution in [0.2, 0.25) is 0 Å². The van der Waals surface area contributed by atoms with Gasteiger partial charge in [-0.3, -0.25) is 9.59 Å². The minimum Gasteiger partial charge on any atom is -0.347 e. The number of thiazole rings is 1. The first-order valence-corrected chi connectivity index (χ1v) is 7.85. The van der Waals surface area contributed by atoms with Crippen molar-refractivity contribution >= 4 is 23.2 Å². The largest absolute Gasteiger partial charge is 0.347 e. The van der Waals surface area contributed by atoms with Crippen molar-refractivity contribution in [1.29, 1.82) is 0 Å². The van der Waals surface area contributed by atoms with Crippen molar-refractivity contribution in [2.24, 2.45) is 0 Å². The van der Waals surface area contributed by atoms with E-state index in [2.05, 4.69) is 15.6 Å². The van der Waals surface area contributed by atoms with E-state index in [9.17, 15) is 9.59 Å². The number of amides is 2. The van der Waals surface area contributed by atoms with Crippen molar-refractivity contribution in [1.82, 2.24) is 15.6 Å². The number of hydrogen-bond acceptors (Lipinski definition) is 4. The molecule has 116 valence electrons. The number of hydrogen-bond donors (Lipinski definition) is 2. The second-order valence-electron chi connectivity index (χ2n) is 5.02. The number of nitrogens with zero attached hydrogens (tertiary/aromatic N) is 1. The molecule has 2 rings (SSSR count). The lowest BCUT2D eigenvalue weighted by Gasteiger charge is -2.13. The highest BCUT2D eigenvalue weighted by molar-refractivity contribution is 7.11. The molecule has 0 radical (unpaired) electrons. The fourth-order valence-electron chi connectivity index (χ4n) is 2.16. The van der Waals surface area contributed by atoms with E-state index in [4.69, 9.17) is 0 Å². The molecule has 0 spiro atoms. The van der Waals surface area contributed by atoms with Crippen molar-refractivity contribution in [3.63, 3.8) is 0 Å². The average Bonchev–Trinajstić information content (AvgIpc) is 2.84. The normalized spacial score (nSPS) is 11.8. The van der Waals surface area contributed by atoms with Crippen molar-refractivity contribution in [3.05, 3.63) is 51.5 Å². The van der Waals surface area contributed by atoms with E-state index in [1.54, 1.807) is 35.6 Å². The Morgan fingerprint density at radius 1 is 1.23 bits per heavy atom. The standard InChI is InChI=1S/C16H19N3O2S/c1-10-15(22-12(3)18-10)11(2)19-14(20)9-17-16(21)13-7-5-4-6-8-13/h4-8,11H,9H2,1-3H3,(H,17,21)(H,19,20)/t11-/m0/s1. The summed E-state index contributed by atoms with van der Waals surface area (Å²) in [5.41, 5.74) is 1.47. The molecule has 0 unspecified atom stereocenters. The van der Waals surface area contributed by atoms with Gasteiger partial charge in [0.15, 0.2) is 0 Å². The van der Waals surface area contributed by atoms with Gasteiger partial charge in [-0.25, -0.2) is 4.98 Å². The number of carbonyl (C=O) groups excluding carboxylic acids is 2. The number of nitrogens with one attached hydrogen (secondary N) is 2. The SMILES string of the molecule is Cc1nc(C)c([C@H](C)NC(=O)CNC(=O)c2ccccc2)s1. The number of rotatable bonds is 5. The van der Waals surface area contributed by atoms with E-state index in [-0.39, 0.29) is 24.4 Å². The summed E-state index contributed by atoms with van der Waals surface area (Å²) in [6, 6.07) is 8.70. The Labute approximate surface area is 133 Å². The summed E-state index contributed by atoms with van der Waals surface area (Å²) in [6.07, 6.45) is 0. The zero-order chi connectivity index (χ0) is 16.1. The van der Waals surface area contributed by atoms with Crippen molar-refractivity contribution in [2.75, 3.05) is 6.54 Å². The molecule has 0 aliphatic heterocycles. The molecule has 5 nitrogen and oxygen atoms in total. The van der Waals surface area contributed by atoms with E-state index < -0.39 is 0 Å². The summed E-state index contributed by atoms with van der Waals surface area (Å²) in [5.74, 6) is -0.476. The molecule has 2 aromatic rings. The third-order valence-corrected chi connectivity index (χ3v) is 4.41. The fourth-order valence-corrected chi connectivity index (χ4v) is 3.09. The van der Waals surface area contributed by atoms with Crippen LogP contribution in [-0.2, 0) is 4.79 Å². The van der Waals surface area contributed by atoms with Gasteiger partial charge in [-0.05, 0) is 32.9 Å². The first kappa shape index (κ1) is 16.2. The third-order valence-electron chi connectivity index (χ3n) is 3.16. The van der Waals surface area contributed by atoms with Crippen LogP contribution in [-0.4, -0.2) is 23.3 Å². The van der Waals surface area contributed by atoms with Crippen LogP contribution in [0.1, 0.15) is 38.9 Å². The maximum Gasteiger partial charge on any atom is 0.251 e. The van der Waals surface area contributed by atoms with Gasteiger partial charge in [0.25, 0.3) is 5.91 Å². The smallest absolute Gasteiger partial charge is 0.251 e. The van der Waals surface area contributed by atoms with Crippen molar-refractivity contribution in [2.45, 2.75) is 26.8 Å². The monoisotopic (exact) mass is 317 g/mol. The molecule has 1 heterocycles. The van der Waals surface area contributed by atoms with E-state index in [0.29, 0.717) is 5.56 Å². The van der Waals surface area contributed by atoms with E-state index >= 15 is 0 Å². The minimum atomic E-state index is -0.256. The van der Waals surface area contributed by atoms with E-state index in [1.807, 2.05) is 26.8 Å². The number of aromatic nitrogens is 1. The molecule has 6 heteroatoms. The zero-order valence-electron chi connectivity index (χ0n) is 12.8. The lowest BCUT2D eigenvalue weighted by atomic mass is 10.2. The van der Waals surface area contributed by atoms with Crippen LogP contribution in [0.25, 0.3) is 0 Å². The predicted molar refractivity (Wildman–Crippen MR) is 86.9 cm³/mol. The quantitative estimate of drug-likeness (QED) is 0.889. The Bertz CT molecular complexity index is 667. The Hall–Kier alpha value is -2.21. The Morgan fingerprint density at radius 2 is 1.91 bits per heavy atom. The summed E-state index contributed by atoms with van der Waals surface area (Å²) >= 11 is 1.57. The number of carbonyl (C=O) groups is 2. The lowest BCUT2D eigenvalue weighted by Crippen LogP contribution is -2.38. The second-order valence-corrected chi connectivity index (χ2v) is 6.26. The van der Waals surface area contributed by atoms with Crippen molar-refractivity contribution in [3.8, 4) is 0 Å². The molecule has 0 saturated carbocycles. The van der Waals surface area contributed by atoms with Gasteiger partial charge < -0.3 is 10.6 Å². The first-order valence-electron chi connectivity index (χ1n) is 7.04. The number of aryl methyl sites for hydroxylation is 2. The summed E-state index contributed by atoms with van der Waals surface area (Å²) in [6.45, 7) is 5.74. The van der Waals surface area contributed by atoms with E-state index in [0.717, 1.165) is 15.6 Å². The van der Waals surface area contributed by atoms with E-state index in [1.165, 1.54) is 0 Å². The van der Waals surface area contributed by atoms with Gasteiger partial charge >= 0.3 is 0 Å². The van der Waals surface area contributed by atoms with Gasteiger partial charge in [-0.15, -0.1) is 11.3 Å². The van der Waals surface area contributed by atoms with Crippen LogP contribution >= 0.6 is 11.3 Å². The Kier molecular flexibility index (Phi) is 5.27. The second kappa shape index (κ2) is 7.17. The van der Waals surface area contributed by atoms with Crippen LogP contribution in [0.15, 0.2) is 30.3 Å². The molecule has 2 N–H and O–H groups in total. The summed E-state index contributed by atoms with van der Waals surface area (Å²) in [7, 11) is 0. The summed E-state index contributed by atoms with van der Waals surface area (Å²) in [5, 5.41) is 6.46. The predicted octanol–water partition coefficient (Wildman–Crippen LogP) is 2.37. The summed E-state index contributed by atoms with van der Waals surface area (Å²) in [4.78, 5) is 29.2. The molecular formula is C16H19N3O2S. The molecule has 1 aromatic carbocycles. The zero-order valence-corrected chi connectivity index (χ0v) is 13.7. The molecule has 0 aliphatic rings. The molecule has 0 saturated heterocycles. The lowest BCUT2D eigenvalue weighted by molar-refractivity contribution is -0.120. The first-order chi connectivity index (χ1) is 10.5. The highest BCUT2D eigenvalue weighted by Gasteiger charge is 2.15. The van der Waals surface area contributed by atoms with Gasteiger partial charge in [0.2, 0.25) is 5.91 Å². The molecule has 0 fully saturated rings. The van der Waals surface area contributed by atoms with Gasteiger partial charge in [-0.2, -0.15) is 0 Å². The third kappa shape index (κ3) is 4.14. The van der Waals surface area contributed by atoms with Crippen molar-refractivity contribution < 1.29 is 9.59 Å². The number of benzene rings is 1. The van der Waals surface area contributed by atoms with Crippen LogP contribution in [0.5, 0.6) is 0 Å². The fraction of sp³-hybridized carbons (Fsp3) is 0.312. The maximum absolute atomic E-state index is 11.9. The molecule has 1 aromatic heterocycles. The molecular weight excluding hydrogens is 298 g/mol. The van der Waals surface area contributed by atoms with Crippen LogP contribution in [0.4, 0.5) is 0 Å². The summed E-state index contributed by atoms with van der Waals surface area (Å²) < 4.78 is 0. The highest BCUT2D eigenvalue weighted by atomic mass is 32.1. The van der Waals surface area contributed by atoms with Gasteiger partial charge in [0.05, 0.1) is 23.3 Å². The molecule has 0 bridgehead atoms. The molecule has 22 heavy (non-hydrogen) atoms. The van der Waals surface area contributed by atoms with Gasteiger partial charge in [-0.1, -0.05) is 18.2 Å². The maximum atomic E-state index is 11.9. The molecule has 2 amide bonds. The van der Waals surface area contributed by atoms with Crippen LogP contribution in [0.3, 0.4) is 0 Å². The highest BCUT2D eigenvalue weighted by Crippen LogP contribution is 2.24. The average molecular weight is 317 g/mol. The molecule has 1 atom stereocenters. The minimum absolute atomic E-state index is 0.0467. The topological polar surface area (TPSA) is 71.1 Å². The van der Waals surface area contributed by atoms with Crippen LogP contribution < -0.4 is 10.6 Å². The molecule has 0 aliphatic carbocycles.